The van der Waals surface area contributed by atoms with Crippen LogP contribution < -0.4 is 0 Å². The van der Waals surface area contributed by atoms with Crippen molar-refractivity contribution in [2.75, 3.05) is 13.1 Å². The molecule has 0 atom stereocenters. The number of rotatable bonds is 5. The zero-order valence-corrected chi connectivity index (χ0v) is 11.3. The number of terminal acetylenes is 1. The van der Waals surface area contributed by atoms with Gasteiger partial charge in [0, 0.05) is 12.6 Å². The van der Waals surface area contributed by atoms with E-state index in [0.29, 0.717) is 12.5 Å². The summed E-state index contributed by atoms with van der Waals surface area (Å²) in [5, 5.41) is 10.7. The van der Waals surface area contributed by atoms with Crippen LogP contribution in [0.2, 0.25) is 5.15 Å². The molecule has 20 heavy (non-hydrogen) atoms. The van der Waals surface area contributed by atoms with E-state index in [1.807, 2.05) is 0 Å². The molecule has 6 nitrogen and oxygen atoms in total. The molecule has 0 bridgehead atoms. The van der Waals surface area contributed by atoms with Crippen molar-refractivity contribution in [1.29, 1.82) is 0 Å². The highest BCUT2D eigenvalue weighted by atomic mass is 35.5. The predicted molar refractivity (Wildman–Crippen MR) is 73.4 cm³/mol. The smallest absolute Gasteiger partial charge is 0.288 e. The second-order valence-electron chi connectivity index (χ2n) is 4.62. The van der Waals surface area contributed by atoms with Crippen molar-refractivity contribution in [2.24, 2.45) is 5.92 Å². The molecule has 1 amide bonds. The summed E-state index contributed by atoms with van der Waals surface area (Å²) in [7, 11) is 0. The maximum Gasteiger partial charge on any atom is 0.288 e. The van der Waals surface area contributed by atoms with Crippen molar-refractivity contribution in [1.82, 2.24) is 9.88 Å². The molecule has 0 unspecified atom stereocenters. The molecule has 2 rings (SSSR count). The van der Waals surface area contributed by atoms with E-state index < -0.39 is 10.8 Å². The summed E-state index contributed by atoms with van der Waals surface area (Å²) in [5.74, 6) is 2.45. The highest BCUT2D eigenvalue weighted by molar-refractivity contribution is 6.32. The van der Waals surface area contributed by atoms with Crippen molar-refractivity contribution in [2.45, 2.75) is 12.8 Å². The lowest BCUT2D eigenvalue weighted by Crippen LogP contribution is -2.33. The van der Waals surface area contributed by atoms with E-state index in [2.05, 4.69) is 10.9 Å². The minimum atomic E-state index is -0.619. The number of carbonyl (C=O) groups excluding carboxylic acids is 1. The number of aromatic nitrogens is 1. The number of nitrogens with zero attached hydrogens (tertiary/aromatic N) is 3. The Morgan fingerprint density at radius 1 is 1.65 bits per heavy atom. The molecular formula is C13H12ClN3O3. The van der Waals surface area contributed by atoms with Gasteiger partial charge in [-0.15, -0.1) is 6.42 Å². The Labute approximate surface area is 120 Å². The zero-order valence-electron chi connectivity index (χ0n) is 10.6. The summed E-state index contributed by atoms with van der Waals surface area (Å²) in [4.78, 5) is 27.7. The maximum atomic E-state index is 12.4. The van der Waals surface area contributed by atoms with Gasteiger partial charge in [0.15, 0.2) is 0 Å². The zero-order chi connectivity index (χ0) is 14.7. The van der Waals surface area contributed by atoms with Gasteiger partial charge in [0.2, 0.25) is 0 Å². The van der Waals surface area contributed by atoms with Crippen LogP contribution in [0.15, 0.2) is 12.3 Å². The molecule has 1 aromatic heterocycles. The van der Waals surface area contributed by atoms with Crippen LogP contribution in [0.3, 0.4) is 0 Å². The fraction of sp³-hybridized carbons (Fsp3) is 0.385. The molecule has 1 heterocycles. The van der Waals surface area contributed by atoms with E-state index in [1.54, 1.807) is 0 Å². The van der Waals surface area contributed by atoms with Gasteiger partial charge in [-0.05, 0) is 18.8 Å². The Kier molecular flexibility index (Phi) is 4.20. The van der Waals surface area contributed by atoms with Gasteiger partial charge in [0.25, 0.3) is 11.6 Å². The van der Waals surface area contributed by atoms with Crippen molar-refractivity contribution in [3.63, 3.8) is 0 Å². The van der Waals surface area contributed by atoms with E-state index in [1.165, 1.54) is 4.90 Å². The summed E-state index contributed by atoms with van der Waals surface area (Å²) in [5.41, 5.74) is -0.262. The summed E-state index contributed by atoms with van der Waals surface area (Å²) in [6, 6.07) is 1.13. The van der Waals surface area contributed by atoms with Gasteiger partial charge in [-0.1, -0.05) is 17.5 Å². The minimum Gasteiger partial charge on any atom is -0.327 e. The summed E-state index contributed by atoms with van der Waals surface area (Å²) < 4.78 is 0. The Bertz CT molecular complexity index is 593. The van der Waals surface area contributed by atoms with Crippen LogP contribution >= 0.6 is 11.6 Å². The van der Waals surface area contributed by atoms with E-state index in [-0.39, 0.29) is 22.9 Å². The van der Waals surface area contributed by atoms with Crippen LogP contribution in [-0.4, -0.2) is 33.8 Å². The summed E-state index contributed by atoms with van der Waals surface area (Å²) >= 11 is 5.86. The van der Waals surface area contributed by atoms with Gasteiger partial charge in [-0.25, -0.2) is 4.98 Å². The quantitative estimate of drug-likeness (QED) is 0.361. The van der Waals surface area contributed by atoms with Crippen molar-refractivity contribution in [3.8, 4) is 12.3 Å². The highest BCUT2D eigenvalue weighted by Crippen LogP contribution is 2.30. The molecular weight excluding hydrogens is 282 g/mol. The van der Waals surface area contributed by atoms with E-state index in [4.69, 9.17) is 18.0 Å². The fourth-order valence-electron chi connectivity index (χ4n) is 1.80. The lowest BCUT2D eigenvalue weighted by Gasteiger charge is -2.20. The lowest BCUT2D eigenvalue weighted by molar-refractivity contribution is -0.385. The van der Waals surface area contributed by atoms with Crippen molar-refractivity contribution < 1.29 is 9.72 Å². The first kappa shape index (κ1) is 14.3. The highest BCUT2D eigenvalue weighted by Gasteiger charge is 2.28. The first-order chi connectivity index (χ1) is 9.52. The average Bonchev–Trinajstić information content (AvgIpc) is 3.21. The topological polar surface area (TPSA) is 76.3 Å². The molecule has 0 saturated heterocycles. The molecule has 7 heteroatoms. The van der Waals surface area contributed by atoms with Crippen LogP contribution in [0.5, 0.6) is 0 Å². The first-order valence-corrected chi connectivity index (χ1v) is 6.43. The van der Waals surface area contributed by atoms with Crippen molar-refractivity contribution in [3.05, 3.63) is 33.1 Å². The Hall–Kier alpha value is -2.13. The number of amides is 1. The van der Waals surface area contributed by atoms with Crippen LogP contribution in [0.1, 0.15) is 23.2 Å². The monoisotopic (exact) mass is 293 g/mol. The normalized spacial score (nSPS) is 13.6. The molecule has 1 fully saturated rings. The van der Waals surface area contributed by atoms with Gasteiger partial charge in [0.1, 0.15) is 11.3 Å². The molecule has 1 aromatic rings. The predicted octanol–water partition coefficient (Wildman–Crippen LogP) is 2.13. The van der Waals surface area contributed by atoms with E-state index >= 15 is 0 Å². The lowest BCUT2D eigenvalue weighted by atomic mass is 10.2. The van der Waals surface area contributed by atoms with Gasteiger partial charge in [0.05, 0.1) is 17.0 Å². The summed E-state index contributed by atoms with van der Waals surface area (Å²) in [6.45, 7) is 0.691. The van der Waals surface area contributed by atoms with Crippen LogP contribution in [0.4, 0.5) is 5.69 Å². The Balaban J connectivity index is 2.27. The Morgan fingerprint density at radius 2 is 2.35 bits per heavy atom. The number of hydrogen-bond acceptors (Lipinski definition) is 4. The third-order valence-electron chi connectivity index (χ3n) is 3.01. The number of hydrogen-bond donors (Lipinski definition) is 0. The standard InChI is InChI=1S/C13H12ClN3O3/c1-2-5-16(8-9-3-4-9)13(18)11-6-10(17(19)20)7-15-12(11)14/h1,6-7,9H,3-5,8H2. The van der Waals surface area contributed by atoms with Crippen LogP contribution in [0.25, 0.3) is 0 Å². The third-order valence-corrected chi connectivity index (χ3v) is 3.31. The fourth-order valence-corrected chi connectivity index (χ4v) is 1.98. The largest absolute Gasteiger partial charge is 0.327 e. The van der Waals surface area contributed by atoms with E-state index in [0.717, 1.165) is 25.1 Å². The third kappa shape index (κ3) is 3.25. The molecule has 0 aliphatic heterocycles. The number of carbonyl (C=O) groups is 1. The molecule has 0 aromatic carbocycles. The van der Waals surface area contributed by atoms with Gasteiger partial charge in [-0.2, -0.15) is 0 Å². The molecule has 0 spiro atoms. The molecule has 0 N–H and O–H groups in total. The van der Waals surface area contributed by atoms with Gasteiger partial charge in [-0.3, -0.25) is 14.9 Å². The molecule has 1 aliphatic rings. The van der Waals surface area contributed by atoms with Crippen LogP contribution in [0, 0.1) is 28.4 Å². The molecule has 1 aliphatic carbocycles. The maximum absolute atomic E-state index is 12.4. The average molecular weight is 294 g/mol. The molecule has 104 valence electrons. The van der Waals surface area contributed by atoms with Crippen LogP contribution in [-0.2, 0) is 0 Å². The molecule has 0 radical (unpaired) electrons. The number of pyridine rings is 1. The number of nitro groups is 1. The van der Waals surface area contributed by atoms with Crippen molar-refractivity contribution >= 4 is 23.2 Å². The Morgan fingerprint density at radius 3 is 2.90 bits per heavy atom. The van der Waals surface area contributed by atoms with Gasteiger partial charge >= 0.3 is 0 Å². The summed E-state index contributed by atoms with van der Waals surface area (Å²) in [6.07, 6.45) is 8.41. The molecule has 1 saturated carbocycles. The minimum absolute atomic E-state index is 0.0109. The second-order valence-corrected chi connectivity index (χ2v) is 4.98. The first-order valence-electron chi connectivity index (χ1n) is 6.05. The van der Waals surface area contributed by atoms with Gasteiger partial charge < -0.3 is 4.90 Å². The van der Waals surface area contributed by atoms with E-state index in [9.17, 15) is 14.9 Å². The SMILES string of the molecule is C#CCN(CC1CC1)C(=O)c1cc([N+](=O)[O-])cnc1Cl. The second kappa shape index (κ2) is 5.88. The number of halogens is 1.